The Labute approximate surface area is 150 Å². The van der Waals surface area contributed by atoms with Crippen LogP contribution in [0.2, 0.25) is 0 Å². The highest BCUT2D eigenvalue weighted by Crippen LogP contribution is 2.25. The van der Waals surface area contributed by atoms with E-state index >= 15 is 0 Å². The number of halogens is 1. The average Bonchev–Trinajstić information content (AvgIpc) is 2.60. The molecule has 0 radical (unpaired) electrons. The molecule has 0 unspecified atom stereocenters. The van der Waals surface area contributed by atoms with Crippen molar-refractivity contribution in [2.24, 2.45) is 0 Å². The molecule has 1 amide bonds. The van der Waals surface area contributed by atoms with Crippen LogP contribution < -0.4 is 10.1 Å². The van der Waals surface area contributed by atoms with E-state index < -0.39 is 5.97 Å². The van der Waals surface area contributed by atoms with Crippen molar-refractivity contribution in [1.29, 1.82) is 0 Å². The summed E-state index contributed by atoms with van der Waals surface area (Å²) in [6.45, 7) is 0.303. The number of ether oxygens (including phenoxy) is 2. The number of methoxy groups -OCH3 is 1. The van der Waals surface area contributed by atoms with Crippen LogP contribution in [0.1, 0.15) is 42.5 Å². The molecule has 0 atom stereocenters. The normalized spacial score (nSPS) is 13.8. The number of hydrogen-bond donors (Lipinski definition) is 1. The maximum absolute atomic E-state index is 11.9. The molecular formula is C18H22BrNO4. The number of nitrogens with one attached hydrogen (secondary N) is 1. The molecule has 0 heterocycles. The molecule has 2 rings (SSSR count). The first kappa shape index (κ1) is 18.5. The molecule has 0 saturated carbocycles. The molecule has 130 valence electrons. The molecule has 1 aromatic rings. The number of carbonyl (C=O) groups is 2. The number of benzene rings is 1. The molecule has 0 fully saturated rings. The Bertz CT molecular complexity index is 627. The zero-order valence-electron chi connectivity index (χ0n) is 13.8. The van der Waals surface area contributed by atoms with Crippen molar-refractivity contribution in [3.63, 3.8) is 0 Å². The molecule has 1 aliphatic carbocycles. The van der Waals surface area contributed by atoms with Gasteiger partial charge < -0.3 is 14.8 Å². The zero-order chi connectivity index (χ0) is 17.4. The van der Waals surface area contributed by atoms with Gasteiger partial charge in [-0.1, -0.05) is 11.6 Å². The molecule has 1 aromatic carbocycles. The van der Waals surface area contributed by atoms with Crippen LogP contribution in [0.3, 0.4) is 0 Å². The number of rotatable bonds is 7. The van der Waals surface area contributed by atoms with E-state index in [1.54, 1.807) is 25.3 Å². The zero-order valence-corrected chi connectivity index (χ0v) is 15.4. The monoisotopic (exact) mass is 395 g/mol. The largest absolute Gasteiger partial charge is 0.496 e. The van der Waals surface area contributed by atoms with E-state index in [2.05, 4.69) is 27.3 Å². The van der Waals surface area contributed by atoms with E-state index in [4.69, 9.17) is 9.47 Å². The van der Waals surface area contributed by atoms with Gasteiger partial charge in [-0.15, -0.1) is 0 Å². The van der Waals surface area contributed by atoms with Gasteiger partial charge in [0, 0.05) is 6.54 Å². The minimum Gasteiger partial charge on any atom is -0.496 e. The predicted octanol–water partition coefficient (Wildman–Crippen LogP) is 3.62. The fourth-order valence-electron chi connectivity index (χ4n) is 2.55. The second-order valence-electron chi connectivity index (χ2n) is 5.63. The van der Waals surface area contributed by atoms with Crippen molar-refractivity contribution in [3.8, 4) is 5.75 Å². The van der Waals surface area contributed by atoms with Crippen molar-refractivity contribution >= 4 is 27.8 Å². The van der Waals surface area contributed by atoms with Gasteiger partial charge in [-0.05, 0) is 66.2 Å². The number of amides is 1. The number of esters is 1. The molecular weight excluding hydrogens is 374 g/mol. The Morgan fingerprint density at radius 2 is 2.12 bits per heavy atom. The summed E-state index contributed by atoms with van der Waals surface area (Å²) in [5.41, 5.74) is 1.77. The predicted molar refractivity (Wildman–Crippen MR) is 95.2 cm³/mol. The van der Waals surface area contributed by atoms with Crippen molar-refractivity contribution in [1.82, 2.24) is 5.32 Å². The van der Waals surface area contributed by atoms with E-state index in [1.165, 1.54) is 18.4 Å². The molecule has 5 nitrogen and oxygen atoms in total. The number of hydrogen-bond acceptors (Lipinski definition) is 4. The number of carbonyl (C=O) groups excluding carboxylic acids is 2. The van der Waals surface area contributed by atoms with E-state index in [1.807, 2.05) is 0 Å². The molecule has 0 aromatic heterocycles. The molecule has 0 spiro atoms. The SMILES string of the molecule is COc1ccc(C(=O)OCC(=O)NCCC2=CCCCC2)cc1Br. The first-order valence-corrected chi connectivity index (χ1v) is 8.84. The third-order valence-corrected chi connectivity index (χ3v) is 4.49. The number of allylic oxidation sites excluding steroid dienone is 1. The second-order valence-corrected chi connectivity index (χ2v) is 6.49. The van der Waals surface area contributed by atoms with Gasteiger partial charge in [0.25, 0.3) is 5.91 Å². The van der Waals surface area contributed by atoms with Gasteiger partial charge in [-0.3, -0.25) is 4.79 Å². The minimum atomic E-state index is -0.538. The van der Waals surface area contributed by atoms with Crippen LogP contribution in [0.4, 0.5) is 0 Å². The van der Waals surface area contributed by atoms with Gasteiger partial charge in [-0.2, -0.15) is 0 Å². The van der Waals surface area contributed by atoms with Crippen LogP contribution in [-0.2, 0) is 9.53 Å². The lowest BCUT2D eigenvalue weighted by molar-refractivity contribution is -0.124. The summed E-state index contributed by atoms with van der Waals surface area (Å²) >= 11 is 3.31. The quantitative estimate of drug-likeness (QED) is 0.565. The molecule has 0 aliphatic heterocycles. The van der Waals surface area contributed by atoms with Crippen LogP contribution in [0.15, 0.2) is 34.3 Å². The lowest BCUT2D eigenvalue weighted by atomic mass is 9.97. The summed E-state index contributed by atoms with van der Waals surface area (Å²) < 4.78 is 10.8. The highest BCUT2D eigenvalue weighted by Gasteiger charge is 2.12. The minimum absolute atomic E-state index is 0.276. The maximum Gasteiger partial charge on any atom is 0.338 e. The molecule has 6 heteroatoms. The fraction of sp³-hybridized carbons (Fsp3) is 0.444. The fourth-order valence-corrected chi connectivity index (χ4v) is 3.09. The molecule has 1 N–H and O–H groups in total. The van der Waals surface area contributed by atoms with Crippen molar-refractivity contribution in [3.05, 3.63) is 39.9 Å². The summed E-state index contributed by atoms with van der Waals surface area (Å²) in [6, 6.07) is 4.87. The van der Waals surface area contributed by atoms with Crippen molar-refractivity contribution < 1.29 is 19.1 Å². The van der Waals surface area contributed by atoms with Crippen molar-refractivity contribution in [2.75, 3.05) is 20.3 Å². The highest BCUT2D eigenvalue weighted by molar-refractivity contribution is 9.10. The smallest absolute Gasteiger partial charge is 0.338 e. The van der Waals surface area contributed by atoms with E-state index in [-0.39, 0.29) is 12.5 Å². The summed E-state index contributed by atoms with van der Waals surface area (Å²) in [6.07, 6.45) is 7.87. The highest BCUT2D eigenvalue weighted by atomic mass is 79.9. The first-order chi connectivity index (χ1) is 11.6. The molecule has 1 aliphatic rings. The Morgan fingerprint density at radius 3 is 2.79 bits per heavy atom. The first-order valence-electron chi connectivity index (χ1n) is 8.05. The maximum atomic E-state index is 11.9. The summed E-state index contributed by atoms with van der Waals surface area (Å²) in [5, 5.41) is 2.78. The summed E-state index contributed by atoms with van der Waals surface area (Å²) in [4.78, 5) is 23.7. The van der Waals surface area contributed by atoms with Gasteiger partial charge in [0.05, 0.1) is 17.1 Å². The topological polar surface area (TPSA) is 64.6 Å². The summed E-state index contributed by atoms with van der Waals surface area (Å²) in [7, 11) is 1.55. The average molecular weight is 396 g/mol. The Kier molecular flexibility index (Phi) is 7.31. The van der Waals surface area contributed by atoms with Crippen molar-refractivity contribution in [2.45, 2.75) is 32.1 Å². The van der Waals surface area contributed by atoms with Crippen LogP contribution in [0, 0.1) is 0 Å². The van der Waals surface area contributed by atoms with E-state index in [0.717, 1.165) is 19.3 Å². The Hall–Kier alpha value is -1.82. The Balaban J connectivity index is 1.71. The van der Waals surface area contributed by atoms with Crippen LogP contribution >= 0.6 is 15.9 Å². The van der Waals surface area contributed by atoms with Crippen LogP contribution in [0.25, 0.3) is 0 Å². The molecule has 24 heavy (non-hydrogen) atoms. The lowest BCUT2D eigenvalue weighted by Crippen LogP contribution is -2.29. The molecule has 0 saturated heterocycles. The lowest BCUT2D eigenvalue weighted by Gasteiger charge is -2.13. The Morgan fingerprint density at radius 1 is 1.29 bits per heavy atom. The van der Waals surface area contributed by atoms with Crippen LogP contribution in [-0.4, -0.2) is 32.1 Å². The van der Waals surface area contributed by atoms with E-state index in [0.29, 0.717) is 22.3 Å². The van der Waals surface area contributed by atoms with Crippen LogP contribution in [0.5, 0.6) is 5.75 Å². The third kappa shape index (κ3) is 5.67. The van der Waals surface area contributed by atoms with Gasteiger partial charge in [-0.25, -0.2) is 4.79 Å². The van der Waals surface area contributed by atoms with Gasteiger partial charge in [0.1, 0.15) is 5.75 Å². The van der Waals surface area contributed by atoms with E-state index in [9.17, 15) is 9.59 Å². The second kappa shape index (κ2) is 9.47. The standard InChI is InChI=1S/C18H22BrNO4/c1-23-16-8-7-14(11-15(16)19)18(22)24-12-17(21)20-10-9-13-5-3-2-4-6-13/h5,7-8,11H,2-4,6,9-10,12H2,1H3,(H,20,21). The third-order valence-electron chi connectivity index (χ3n) is 3.88. The van der Waals surface area contributed by atoms with Gasteiger partial charge in [0.2, 0.25) is 0 Å². The molecule has 0 bridgehead atoms. The summed E-state index contributed by atoms with van der Waals surface area (Å²) in [5.74, 6) is -0.197. The van der Waals surface area contributed by atoms with Gasteiger partial charge in [0.15, 0.2) is 6.61 Å². The van der Waals surface area contributed by atoms with Gasteiger partial charge >= 0.3 is 5.97 Å².